The Bertz CT molecular complexity index is 1150. The van der Waals surface area contributed by atoms with Gasteiger partial charge in [0.25, 0.3) is 0 Å². The van der Waals surface area contributed by atoms with Crippen molar-refractivity contribution in [3.05, 3.63) is 19.0 Å². The molecule has 1 aromatic rings. The van der Waals surface area contributed by atoms with E-state index in [9.17, 15) is 14.7 Å². The number of hydrogen-bond donors (Lipinski definition) is 2. The van der Waals surface area contributed by atoms with E-state index in [1.165, 1.54) is 30.9 Å². The molecule has 0 amide bonds. The Kier molecular flexibility index (Phi) is 8.84. The third-order valence-electron chi connectivity index (χ3n) is 11.4. The minimum Gasteiger partial charge on any atom is -0.461 e. The van der Waals surface area contributed by atoms with E-state index in [4.69, 9.17) is 4.74 Å². The van der Waals surface area contributed by atoms with Crippen LogP contribution in [-0.4, -0.2) is 80.9 Å². The fourth-order valence-corrected chi connectivity index (χ4v) is 9.17. The fourth-order valence-electron chi connectivity index (χ4n) is 8.59. The van der Waals surface area contributed by atoms with E-state index in [-0.39, 0.29) is 40.7 Å². The van der Waals surface area contributed by atoms with Gasteiger partial charge in [0.15, 0.2) is 5.16 Å². The van der Waals surface area contributed by atoms with Gasteiger partial charge in [-0.25, -0.2) is 9.97 Å². The minimum absolute atomic E-state index is 0.0473. The second-order valence-electron chi connectivity index (χ2n) is 13.4. The summed E-state index contributed by atoms with van der Waals surface area (Å²) in [5, 5.41) is 15.4. The number of aliphatic hydroxyl groups is 1. The highest BCUT2D eigenvalue weighted by Crippen LogP contribution is 2.68. The summed E-state index contributed by atoms with van der Waals surface area (Å²) < 4.78 is 6.33. The quantitative estimate of drug-likeness (QED) is 0.246. The summed E-state index contributed by atoms with van der Waals surface area (Å²) in [5.74, 6) is 0.344. The van der Waals surface area contributed by atoms with Gasteiger partial charge < -0.3 is 20.1 Å². The molecule has 4 aliphatic rings. The molecule has 0 radical (unpaired) electrons. The van der Waals surface area contributed by atoms with Crippen molar-refractivity contribution in [2.24, 2.45) is 34.0 Å². The van der Waals surface area contributed by atoms with Crippen LogP contribution in [0.15, 0.2) is 24.1 Å². The molecule has 3 saturated carbocycles. The Labute approximate surface area is 248 Å². The number of Topliss-reactive ketones (excluding diaryl/α,β-unsaturated/α-hetero) is 1. The van der Waals surface area contributed by atoms with Gasteiger partial charge in [-0.3, -0.25) is 9.59 Å². The zero-order valence-electron chi connectivity index (χ0n) is 25.1. The molecule has 0 spiro atoms. The van der Waals surface area contributed by atoms with Crippen LogP contribution in [0.3, 0.4) is 0 Å². The molecule has 10 heteroatoms. The van der Waals surface area contributed by atoms with Gasteiger partial charge in [-0.05, 0) is 68.9 Å². The van der Waals surface area contributed by atoms with Crippen LogP contribution in [0.4, 0.5) is 5.95 Å². The fraction of sp³-hybridized carbons (Fsp3) is 0.774. The van der Waals surface area contributed by atoms with Gasteiger partial charge in [0.1, 0.15) is 18.2 Å². The molecule has 2 heterocycles. The summed E-state index contributed by atoms with van der Waals surface area (Å²) in [7, 11) is 0. The molecule has 8 atom stereocenters. The Morgan fingerprint density at radius 1 is 1.27 bits per heavy atom. The first kappa shape index (κ1) is 30.4. The molecule has 2 bridgehead atoms. The number of carbonyl (C=O) groups excluding carboxylic acids is 2. The number of thioether (sulfide) groups is 1. The summed E-state index contributed by atoms with van der Waals surface area (Å²) in [6.45, 7) is 16.5. The third-order valence-corrected chi connectivity index (χ3v) is 12.2. The number of esters is 1. The van der Waals surface area contributed by atoms with E-state index < -0.39 is 23.0 Å². The lowest BCUT2D eigenvalue weighted by Gasteiger charge is -2.61. The van der Waals surface area contributed by atoms with Crippen LogP contribution in [0.25, 0.3) is 0 Å². The summed E-state index contributed by atoms with van der Waals surface area (Å²) in [6, 6.07) is 0. The number of ether oxygens (including phenoxy) is 1. The van der Waals surface area contributed by atoms with Crippen molar-refractivity contribution in [1.29, 1.82) is 0 Å². The number of rotatable bonds is 9. The maximum atomic E-state index is 13.6. The van der Waals surface area contributed by atoms with E-state index in [1.54, 1.807) is 0 Å². The van der Waals surface area contributed by atoms with E-state index in [0.717, 1.165) is 45.4 Å². The predicted molar refractivity (Wildman–Crippen MR) is 159 cm³/mol. The van der Waals surface area contributed by atoms with Crippen LogP contribution < -0.4 is 5.32 Å². The summed E-state index contributed by atoms with van der Waals surface area (Å²) in [6.07, 6.45) is 8.19. The molecule has 3 aliphatic carbocycles. The standard InChI is InChI=1S/C31H47N5O4S/c1-6-29(4)17-23(30(5)20(2)9-11-31(21(3)26(29)39)12-10-22(37)25(30)31)40-24(38)18-41-28-34-19-33-27(35-28)32-13-16-36-14-7-8-15-36/h6,19-21,23,25-26,39H,1,7-18H2,2-5H3,(H,32,33,34,35)/t20-,21+,23-,25+,26+,29-,30+,31+/m1/s1. The smallest absolute Gasteiger partial charge is 0.316 e. The van der Waals surface area contributed by atoms with E-state index in [2.05, 4.69) is 52.5 Å². The SMILES string of the molecule is C=C[C@]1(C)C[C@@H](OC(=O)CSc2ncnc(NCCN3CCCC3)n2)[C@]2(C)[C@H](C)CC[C@]3(CCC(=O)[C@H]32)[C@@H](C)[C@@H]1O. The highest BCUT2D eigenvalue weighted by molar-refractivity contribution is 7.99. The van der Waals surface area contributed by atoms with Gasteiger partial charge in [0.2, 0.25) is 5.95 Å². The van der Waals surface area contributed by atoms with E-state index in [0.29, 0.717) is 23.9 Å². The molecule has 5 rings (SSSR count). The molecule has 2 N–H and O–H groups in total. The zero-order valence-corrected chi connectivity index (χ0v) is 25.9. The van der Waals surface area contributed by atoms with Crippen molar-refractivity contribution >= 4 is 29.5 Å². The number of nitrogens with one attached hydrogen (secondary N) is 1. The third kappa shape index (κ3) is 5.56. The number of nitrogens with zero attached hydrogens (tertiary/aromatic N) is 4. The van der Waals surface area contributed by atoms with Crippen molar-refractivity contribution in [3.63, 3.8) is 0 Å². The molecule has 1 aliphatic heterocycles. The first-order chi connectivity index (χ1) is 19.5. The highest BCUT2D eigenvalue weighted by atomic mass is 32.2. The van der Waals surface area contributed by atoms with Crippen molar-refractivity contribution in [3.8, 4) is 0 Å². The molecule has 0 aromatic carbocycles. The molecule has 0 unspecified atom stereocenters. The first-order valence-electron chi connectivity index (χ1n) is 15.4. The van der Waals surface area contributed by atoms with Crippen LogP contribution in [0.1, 0.15) is 72.6 Å². The maximum absolute atomic E-state index is 13.6. The van der Waals surface area contributed by atoms with Gasteiger partial charge in [-0.1, -0.05) is 45.5 Å². The summed E-state index contributed by atoms with van der Waals surface area (Å²) >= 11 is 1.22. The molecule has 1 aromatic heterocycles. The summed E-state index contributed by atoms with van der Waals surface area (Å²) in [4.78, 5) is 42.3. The molecule has 41 heavy (non-hydrogen) atoms. The number of aromatic nitrogens is 3. The van der Waals surface area contributed by atoms with Crippen LogP contribution in [0.5, 0.6) is 0 Å². The van der Waals surface area contributed by atoms with Gasteiger partial charge in [-0.15, -0.1) is 6.58 Å². The molecule has 1 saturated heterocycles. The largest absolute Gasteiger partial charge is 0.461 e. The van der Waals surface area contributed by atoms with Crippen molar-refractivity contribution in [2.45, 2.75) is 90.0 Å². The first-order valence-corrected chi connectivity index (χ1v) is 16.3. The Morgan fingerprint density at radius 3 is 2.76 bits per heavy atom. The lowest BCUT2D eigenvalue weighted by atomic mass is 9.44. The van der Waals surface area contributed by atoms with Crippen LogP contribution in [0.2, 0.25) is 0 Å². The highest BCUT2D eigenvalue weighted by Gasteiger charge is 2.68. The van der Waals surface area contributed by atoms with Gasteiger partial charge >= 0.3 is 5.97 Å². The average Bonchev–Trinajstić information content (AvgIpc) is 3.61. The van der Waals surface area contributed by atoms with Crippen molar-refractivity contribution < 1.29 is 19.4 Å². The molecular formula is C31H47N5O4S. The van der Waals surface area contributed by atoms with Crippen molar-refractivity contribution in [1.82, 2.24) is 19.9 Å². The molecular weight excluding hydrogens is 538 g/mol. The number of hydrogen-bond acceptors (Lipinski definition) is 10. The van der Waals surface area contributed by atoms with Gasteiger partial charge in [-0.2, -0.15) is 4.98 Å². The Hall–Kier alpha value is -2.04. The zero-order chi connectivity index (χ0) is 29.4. The van der Waals surface area contributed by atoms with Gasteiger partial charge in [0.05, 0.1) is 11.9 Å². The molecule has 4 fully saturated rings. The second kappa shape index (κ2) is 11.9. The second-order valence-corrected chi connectivity index (χ2v) is 14.4. The normalized spacial score (nSPS) is 39.0. The average molecular weight is 586 g/mol. The predicted octanol–water partition coefficient (Wildman–Crippen LogP) is 4.38. The minimum atomic E-state index is -0.677. The van der Waals surface area contributed by atoms with Crippen molar-refractivity contribution in [2.75, 3.05) is 37.2 Å². The van der Waals surface area contributed by atoms with Gasteiger partial charge in [0, 0.05) is 36.3 Å². The van der Waals surface area contributed by atoms with E-state index >= 15 is 0 Å². The maximum Gasteiger partial charge on any atom is 0.316 e. The summed E-state index contributed by atoms with van der Waals surface area (Å²) in [5.41, 5.74) is -1.46. The number of anilines is 1. The number of aliphatic hydroxyl groups excluding tert-OH is 1. The van der Waals surface area contributed by atoms with E-state index in [1.807, 2.05) is 13.0 Å². The van der Waals surface area contributed by atoms with Crippen LogP contribution in [0, 0.1) is 34.0 Å². The molecule has 226 valence electrons. The molecule has 9 nitrogen and oxygen atoms in total. The monoisotopic (exact) mass is 585 g/mol. The number of ketones is 1. The van der Waals surface area contributed by atoms with Crippen LogP contribution >= 0.6 is 11.8 Å². The number of likely N-dealkylation sites (tertiary alicyclic amines) is 1. The lowest BCUT2D eigenvalue weighted by molar-refractivity contribution is -0.205. The lowest BCUT2D eigenvalue weighted by Crippen LogP contribution is -2.63. The Balaban J connectivity index is 1.30. The number of carbonyl (C=O) groups is 2. The Morgan fingerprint density at radius 2 is 2.02 bits per heavy atom. The topological polar surface area (TPSA) is 118 Å². The van der Waals surface area contributed by atoms with Crippen LogP contribution in [-0.2, 0) is 14.3 Å².